The second kappa shape index (κ2) is 5.46. The molecule has 0 bridgehead atoms. The Labute approximate surface area is 131 Å². The molecule has 0 aliphatic rings. The molecule has 0 saturated heterocycles. The first-order chi connectivity index (χ1) is 10.5. The van der Waals surface area contributed by atoms with Crippen molar-refractivity contribution in [2.75, 3.05) is 7.11 Å². The molecule has 3 aromatic rings. The van der Waals surface area contributed by atoms with E-state index in [0.29, 0.717) is 28.0 Å². The van der Waals surface area contributed by atoms with Gasteiger partial charge in [0.25, 0.3) is 0 Å². The first kappa shape index (κ1) is 14.6. The number of hydrogen-bond acceptors (Lipinski definition) is 2. The monoisotopic (exact) mass is 317 g/mol. The van der Waals surface area contributed by atoms with Crippen LogP contribution in [0.1, 0.15) is 21.6 Å². The molecule has 0 amide bonds. The Kier molecular flexibility index (Phi) is 3.62. The van der Waals surface area contributed by atoms with Gasteiger partial charge in [-0.05, 0) is 37.3 Å². The highest BCUT2D eigenvalue weighted by molar-refractivity contribution is 6.31. The molecular formula is C17H13ClFNO2. The van der Waals surface area contributed by atoms with Crippen molar-refractivity contribution in [2.45, 2.75) is 6.92 Å². The van der Waals surface area contributed by atoms with E-state index in [1.807, 2.05) is 0 Å². The molecule has 1 N–H and O–H groups in total. The van der Waals surface area contributed by atoms with E-state index in [9.17, 15) is 9.18 Å². The largest absolute Gasteiger partial charge is 0.497 e. The Morgan fingerprint density at radius 2 is 1.86 bits per heavy atom. The summed E-state index contributed by atoms with van der Waals surface area (Å²) in [4.78, 5) is 15.6. The van der Waals surface area contributed by atoms with Crippen LogP contribution in [0.4, 0.5) is 4.39 Å². The van der Waals surface area contributed by atoms with E-state index in [1.165, 1.54) is 6.07 Å². The van der Waals surface area contributed by atoms with Gasteiger partial charge in [0.15, 0.2) is 11.6 Å². The van der Waals surface area contributed by atoms with Gasteiger partial charge < -0.3 is 9.72 Å². The zero-order valence-corrected chi connectivity index (χ0v) is 12.8. The summed E-state index contributed by atoms with van der Waals surface area (Å²) in [6, 6.07) is 9.92. The topological polar surface area (TPSA) is 42.1 Å². The summed E-state index contributed by atoms with van der Waals surface area (Å²) in [5, 5.41) is 0.553. The molecule has 112 valence electrons. The molecule has 5 heteroatoms. The molecule has 0 radical (unpaired) electrons. The third-order valence-electron chi connectivity index (χ3n) is 3.63. The maximum atomic E-state index is 14.1. The lowest BCUT2D eigenvalue weighted by Crippen LogP contribution is -2.02. The quantitative estimate of drug-likeness (QED) is 0.722. The smallest absolute Gasteiger partial charge is 0.195 e. The Bertz CT molecular complexity index is 868. The molecule has 3 nitrogen and oxygen atoms in total. The Balaban J connectivity index is 2.14. The lowest BCUT2D eigenvalue weighted by molar-refractivity contribution is 0.103. The highest BCUT2D eigenvalue weighted by Gasteiger charge is 2.20. The number of hydrogen-bond donors (Lipinski definition) is 1. The zero-order valence-electron chi connectivity index (χ0n) is 12.0. The van der Waals surface area contributed by atoms with Crippen LogP contribution < -0.4 is 4.74 Å². The fraction of sp³-hybridized carbons (Fsp3) is 0.118. The fourth-order valence-corrected chi connectivity index (χ4v) is 2.67. The van der Waals surface area contributed by atoms with Crippen molar-refractivity contribution in [1.29, 1.82) is 0 Å². The first-order valence-electron chi connectivity index (χ1n) is 6.68. The third-order valence-corrected chi connectivity index (χ3v) is 3.92. The summed E-state index contributed by atoms with van der Waals surface area (Å²) in [7, 11) is 1.56. The standard InChI is InChI=1S/C17H13ClFNO2/c1-9-14(12-7-8-13(18)15(19)16(12)20-9)17(21)10-3-5-11(22-2)6-4-10/h3-8,20H,1-2H3. The predicted molar refractivity (Wildman–Crippen MR) is 84.4 cm³/mol. The van der Waals surface area contributed by atoms with Crippen LogP contribution in [0.15, 0.2) is 36.4 Å². The van der Waals surface area contributed by atoms with Crippen molar-refractivity contribution < 1.29 is 13.9 Å². The number of nitrogens with one attached hydrogen (secondary N) is 1. The van der Waals surface area contributed by atoms with Crippen LogP contribution in [0.2, 0.25) is 5.02 Å². The number of aromatic amines is 1. The number of aromatic nitrogens is 1. The highest BCUT2D eigenvalue weighted by Crippen LogP contribution is 2.30. The van der Waals surface area contributed by atoms with Crippen LogP contribution >= 0.6 is 11.6 Å². The van der Waals surface area contributed by atoms with E-state index in [-0.39, 0.29) is 16.3 Å². The van der Waals surface area contributed by atoms with Crippen molar-refractivity contribution in [1.82, 2.24) is 4.98 Å². The normalized spacial score (nSPS) is 10.9. The number of methoxy groups -OCH3 is 1. The number of carbonyl (C=O) groups excluding carboxylic acids is 1. The Morgan fingerprint density at radius 3 is 2.50 bits per heavy atom. The van der Waals surface area contributed by atoms with Crippen molar-refractivity contribution in [2.24, 2.45) is 0 Å². The Morgan fingerprint density at radius 1 is 1.18 bits per heavy atom. The van der Waals surface area contributed by atoms with Gasteiger partial charge in [0, 0.05) is 16.6 Å². The number of aryl methyl sites for hydroxylation is 1. The molecular weight excluding hydrogens is 305 g/mol. The van der Waals surface area contributed by atoms with Gasteiger partial charge in [0.2, 0.25) is 0 Å². The number of carbonyl (C=O) groups is 1. The van der Waals surface area contributed by atoms with Gasteiger partial charge in [-0.25, -0.2) is 4.39 Å². The van der Waals surface area contributed by atoms with Gasteiger partial charge in [-0.2, -0.15) is 0 Å². The van der Waals surface area contributed by atoms with Gasteiger partial charge in [-0.1, -0.05) is 17.7 Å². The summed E-state index contributed by atoms with van der Waals surface area (Å²) in [6.45, 7) is 1.74. The van der Waals surface area contributed by atoms with Crippen LogP contribution in [-0.4, -0.2) is 17.9 Å². The number of halogens is 2. The summed E-state index contributed by atoms with van der Waals surface area (Å²) in [5.41, 5.74) is 1.83. The number of H-pyrrole nitrogens is 1. The highest BCUT2D eigenvalue weighted by atomic mass is 35.5. The molecule has 1 heterocycles. The molecule has 0 aliphatic carbocycles. The summed E-state index contributed by atoms with van der Waals surface area (Å²) in [6.07, 6.45) is 0. The second-order valence-corrected chi connectivity index (χ2v) is 5.37. The van der Waals surface area contributed by atoms with Gasteiger partial charge in [0.05, 0.1) is 23.2 Å². The van der Waals surface area contributed by atoms with E-state index < -0.39 is 5.82 Å². The second-order valence-electron chi connectivity index (χ2n) is 4.97. The molecule has 3 rings (SSSR count). The van der Waals surface area contributed by atoms with Gasteiger partial charge in [0.1, 0.15) is 5.75 Å². The SMILES string of the molecule is COc1ccc(C(=O)c2c(C)[nH]c3c(F)c(Cl)ccc23)cc1. The molecule has 1 aromatic heterocycles. The van der Waals surface area contributed by atoms with E-state index in [0.717, 1.165) is 0 Å². The summed E-state index contributed by atoms with van der Waals surface area (Å²) < 4.78 is 19.1. The predicted octanol–water partition coefficient (Wildman–Crippen LogP) is 4.51. The zero-order chi connectivity index (χ0) is 15.9. The van der Waals surface area contributed by atoms with E-state index in [4.69, 9.17) is 16.3 Å². The van der Waals surface area contributed by atoms with Gasteiger partial charge >= 0.3 is 0 Å². The number of benzene rings is 2. The summed E-state index contributed by atoms with van der Waals surface area (Å²) >= 11 is 5.79. The van der Waals surface area contributed by atoms with Crippen LogP contribution in [0.3, 0.4) is 0 Å². The fourth-order valence-electron chi connectivity index (χ4n) is 2.51. The van der Waals surface area contributed by atoms with E-state index >= 15 is 0 Å². The van der Waals surface area contributed by atoms with Crippen LogP contribution in [-0.2, 0) is 0 Å². The number of ether oxygens (including phenoxy) is 1. The maximum Gasteiger partial charge on any atom is 0.195 e. The maximum absolute atomic E-state index is 14.1. The lowest BCUT2D eigenvalue weighted by atomic mass is 10.0. The molecule has 0 spiro atoms. The Hall–Kier alpha value is -2.33. The van der Waals surface area contributed by atoms with Crippen molar-refractivity contribution in [3.05, 3.63) is 64.1 Å². The van der Waals surface area contributed by atoms with Crippen LogP contribution in [0.5, 0.6) is 5.75 Å². The molecule has 0 saturated carbocycles. The van der Waals surface area contributed by atoms with Crippen LogP contribution in [0, 0.1) is 12.7 Å². The van der Waals surface area contributed by atoms with Gasteiger partial charge in [-0.3, -0.25) is 4.79 Å². The molecule has 0 aliphatic heterocycles. The molecule has 0 fully saturated rings. The first-order valence-corrected chi connectivity index (χ1v) is 7.05. The number of rotatable bonds is 3. The van der Waals surface area contributed by atoms with Crippen LogP contribution in [0.25, 0.3) is 10.9 Å². The van der Waals surface area contributed by atoms with Crippen molar-refractivity contribution in [3.8, 4) is 5.75 Å². The van der Waals surface area contributed by atoms with E-state index in [1.54, 1.807) is 44.4 Å². The molecule has 0 atom stereocenters. The number of ketones is 1. The minimum atomic E-state index is -0.545. The minimum Gasteiger partial charge on any atom is -0.497 e. The summed E-state index contributed by atoms with van der Waals surface area (Å²) in [5.74, 6) is -0.0470. The minimum absolute atomic E-state index is 0.0252. The van der Waals surface area contributed by atoms with Gasteiger partial charge in [-0.15, -0.1) is 0 Å². The molecule has 22 heavy (non-hydrogen) atoms. The molecule has 0 unspecified atom stereocenters. The van der Waals surface area contributed by atoms with Crippen molar-refractivity contribution >= 4 is 28.3 Å². The average Bonchev–Trinajstić information content (AvgIpc) is 2.87. The molecule has 2 aromatic carbocycles. The van der Waals surface area contributed by atoms with Crippen molar-refractivity contribution in [3.63, 3.8) is 0 Å². The number of fused-ring (bicyclic) bond motifs is 1. The lowest BCUT2D eigenvalue weighted by Gasteiger charge is -2.04. The third kappa shape index (κ3) is 2.25. The van der Waals surface area contributed by atoms with E-state index in [2.05, 4.69) is 4.98 Å². The average molecular weight is 318 g/mol.